The van der Waals surface area contributed by atoms with Crippen LogP contribution in [0.4, 0.5) is 0 Å². The van der Waals surface area contributed by atoms with Crippen molar-refractivity contribution in [1.82, 2.24) is 0 Å². The summed E-state index contributed by atoms with van der Waals surface area (Å²) in [7, 11) is 1.63. The predicted octanol–water partition coefficient (Wildman–Crippen LogP) is 0.968. The summed E-state index contributed by atoms with van der Waals surface area (Å²) in [6.07, 6.45) is 0.417. The first kappa shape index (κ1) is 12.4. The summed E-state index contributed by atoms with van der Waals surface area (Å²) >= 11 is 0. The van der Waals surface area contributed by atoms with Crippen LogP contribution in [0.15, 0.2) is 0 Å². The Morgan fingerprint density at radius 2 is 1.92 bits per heavy atom. The van der Waals surface area contributed by atoms with Crippen LogP contribution in [0, 0.1) is 11.3 Å². The van der Waals surface area contributed by atoms with E-state index in [4.69, 9.17) is 19.5 Å². The molecule has 0 aromatic heterocycles. The Kier molecular flexibility index (Phi) is 9.00. The molecule has 0 bridgehead atoms. The Balaban J connectivity index is 3.11. The molecule has 0 N–H and O–H groups in total. The minimum absolute atomic E-state index is 0.300. The average molecular weight is 187 g/mol. The summed E-state index contributed by atoms with van der Waals surface area (Å²) in [6, 6.07) is 2.05. The summed E-state index contributed by atoms with van der Waals surface area (Å²) in [6.45, 7) is 4.07. The average Bonchev–Trinajstić information content (AvgIpc) is 2.17. The normalized spacial score (nSPS) is 12.4. The summed E-state index contributed by atoms with van der Waals surface area (Å²) in [4.78, 5) is 0. The van der Waals surface area contributed by atoms with Gasteiger partial charge in [-0.1, -0.05) is 6.92 Å². The van der Waals surface area contributed by atoms with Gasteiger partial charge in [0.25, 0.3) is 0 Å². The second-order valence-electron chi connectivity index (χ2n) is 2.50. The highest BCUT2D eigenvalue weighted by Crippen LogP contribution is 1.94. The smallest absolute Gasteiger partial charge is 0.143 e. The lowest BCUT2D eigenvalue weighted by atomic mass is 10.3. The molecule has 0 saturated carbocycles. The summed E-state index contributed by atoms with van der Waals surface area (Å²) in [5, 5.41) is 8.53. The van der Waals surface area contributed by atoms with Crippen molar-refractivity contribution in [1.29, 1.82) is 5.26 Å². The molecule has 4 nitrogen and oxygen atoms in total. The topological polar surface area (TPSA) is 51.5 Å². The fraction of sp³-hybridized carbons (Fsp3) is 0.889. The largest absolute Gasteiger partial charge is 0.382 e. The Morgan fingerprint density at radius 1 is 1.23 bits per heavy atom. The monoisotopic (exact) mass is 187 g/mol. The van der Waals surface area contributed by atoms with Gasteiger partial charge in [-0.25, -0.2) is 0 Å². The van der Waals surface area contributed by atoms with E-state index in [1.807, 2.05) is 6.92 Å². The van der Waals surface area contributed by atoms with E-state index in [2.05, 4.69) is 6.07 Å². The van der Waals surface area contributed by atoms with Gasteiger partial charge in [0.05, 0.1) is 32.5 Å². The van der Waals surface area contributed by atoms with Crippen molar-refractivity contribution in [3.8, 4) is 6.07 Å². The van der Waals surface area contributed by atoms with Gasteiger partial charge in [-0.15, -0.1) is 0 Å². The fourth-order valence-electron chi connectivity index (χ4n) is 0.740. The number of nitriles is 1. The van der Waals surface area contributed by atoms with E-state index in [1.54, 1.807) is 7.11 Å². The van der Waals surface area contributed by atoms with Crippen LogP contribution in [0.1, 0.15) is 13.3 Å². The molecule has 0 aromatic rings. The number of methoxy groups -OCH3 is 1. The number of nitrogens with zero attached hydrogens (tertiary/aromatic N) is 1. The molecule has 1 unspecified atom stereocenters. The Hall–Kier alpha value is -0.630. The highest BCUT2D eigenvalue weighted by molar-refractivity contribution is 4.82. The first-order valence-electron chi connectivity index (χ1n) is 4.43. The standard InChI is InChI=1S/C9H17NO3/c1-3-9(8-10)13-7-6-12-5-4-11-2/h9H,3-7H2,1-2H3. The molecule has 13 heavy (non-hydrogen) atoms. The number of hydrogen-bond donors (Lipinski definition) is 0. The third kappa shape index (κ3) is 7.72. The fourth-order valence-corrected chi connectivity index (χ4v) is 0.740. The van der Waals surface area contributed by atoms with Gasteiger partial charge in [0, 0.05) is 7.11 Å². The molecule has 0 amide bonds. The molecule has 0 aromatic carbocycles. The molecule has 4 heteroatoms. The maximum Gasteiger partial charge on any atom is 0.143 e. The van der Waals surface area contributed by atoms with E-state index in [0.717, 1.165) is 0 Å². The predicted molar refractivity (Wildman–Crippen MR) is 48.3 cm³/mol. The summed E-state index contributed by atoms with van der Waals surface area (Å²) in [5.74, 6) is 0. The molecule has 0 heterocycles. The molecule has 0 aliphatic heterocycles. The Labute approximate surface area is 79.4 Å². The van der Waals surface area contributed by atoms with Crippen molar-refractivity contribution in [2.75, 3.05) is 33.5 Å². The first-order valence-corrected chi connectivity index (χ1v) is 4.43. The molecule has 0 aliphatic rings. The molecule has 0 aliphatic carbocycles. The molecule has 0 spiro atoms. The van der Waals surface area contributed by atoms with Gasteiger partial charge in [0.1, 0.15) is 6.10 Å². The highest BCUT2D eigenvalue weighted by atomic mass is 16.5. The number of ether oxygens (including phenoxy) is 3. The van der Waals surface area contributed by atoms with Crippen LogP contribution >= 0.6 is 0 Å². The van der Waals surface area contributed by atoms with E-state index in [0.29, 0.717) is 32.8 Å². The van der Waals surface area contributed by atoms with Gasteiger partial charge in [0.15, 0.2) is 0 Å². The van der Waals surface area contributed by atoms with Crippen LogP contribution in [0.2, 0.25) is 0 Å². The van der Waals surface area contributed by atoms with Crippen molar-refractivity contribution < 1.29 is 14.2 Å². The molecule has 0 rings (SSSR count). The van der Waals surface area contributed by atoms with Gasteiger partial charge in [-0.05, 0) is 6.42 Å². The van der Waals surface area contributed by atoms with Crippen LogP contribution in [0.3, 0.4) is 0 Å². The van der Waals surface area contributed by atoms with E-state index in [-0.39, 0.29) is 6.10 Å². The number of rotatable bonds is 8. The number of hydrogen-bond acceptors (Lipinski definition) is 4. The molecule has 76 valence electrons. The highest BCUT2D eigenvalue weighted by Gasteiger charge is 2.02. The zero-order chi connectivity index (χ0) is 9.94. The minimum Gasteiger partial charge on any atom is -0.382 e. The van der Waals surface area contributed by atoms with Crippen LogP contribution in [0.5, 0.6) is 0 Å². The zero-order valence-electron chi connectivity index (χ0n) is 8.28. The van der Waals surface area contributed by atoms with Crippen molar-refractivity contribution in [3.63, 3.8) is 0 Å². The van der Waals surface area contributed by atoms with Gasteiger partial charge in [-0.3, -0.25) is 0 Å². The third-order valence-corrected chi connectivity index (χ3v) is 1.49. The molecule has 0 fully saturated rings. The van der Waals surface area contributed by atoms with E-state index < -0.39 is 0 Å². The van der Waals surface area contributed by atoms with Crippen LogP contribution in [-0.4, -0.2) is 39.6 Å². The van der Waals surface area contributed by atoms with Crippen LogP contribution < -0.4 is 0 Å². The SMILES string of the molecule is CCC(C#N)OCCOCCOC. The van der Waals surface area contributed by atoms with Crippen LogP contribution in [0.25, 0.3) is 0 Å². The quantitative estimate of drug-likeness (QED) is 0.531. The Morgan fingerprint density at radius 3 is 2.46 bits per heavy atom. The molecular formula is C9H17NO3. The maximum absolute atomic E-state index is 8.53. The molecule has 0 radical (unpaired) electrons. The minimum atomic E-state index is -0.300. The van der Waals surface area contributed by atoms with Crippen molar-refractivity contribution in [2.45, 2.75) is 19.4 Å². The molecule has 0 saturated heterocycles. The van der Waals surface area contributed by atoms with Crippen molar-refractivity contribution in [3.05, 3.63) is 0 Å². The van der Waals surface area contributed by atoms with Gasteiger partial charge < -0.3 is 14.2 Å². The lowest BCUT2D eigenvalue weighted by Crippen LogP contribution is -2.14. The lowest BCUT2D eigenvalue weighted by Gasteiger charge is -2.08. The Bertz CT molecular complexity index is 144. The summed E-state index contributed by atoms with van der Waals surface area (Å²) < 4.78 is 15.1. The first-order chi connectivity index (χ1) is 6.35. The lowest BCUT2D eigenvalue weighted by molar-refractivity contribution is 0.00906. The zero-order valence-corrected chi connectivity index (χ0v) is 8.28. The molecular weight excluding hydrogens is 170 g/mol. The summed E-state index contributed by atoms with van der Waals surface area (Å²) in [5.41, 5.74) is 0. The second kappa shape index (κ2) is 9.46. The third-order valence-electron chi connectivity index (χ3n) is 1.49. The van der Waals surface area contributed by atoms with Gasteiger partial charge >= 0.3 is 0 Å². The van der Waals surface area contributed by atoms with Crippen LogP contribution in [-0.2, 0) is 14.2 Å². The van der Waals surface area contributed by atoms with Crippen molar-refractivity contribution in [2.24, 2.45) is 0 Å². The van der Waals surface area contributed by atoms with Gasteiger partial charge in [0.2, 0.25) is 0 Å². The maximum atomic E-state index is 8.53. The molecule has 1 atom stereocenters. The second-order valence-corrected chi connectivity index (χ2v) is 2.50. The van der Waals surface area contributed by atoms with E-state index in [9.17, 15) is 0 Å². The van der Waals surface area contributed by atoms with E-state index in [1.165, 1.54) is 0 Å². The van der Waals surface area contributed by atoms with Gasteiger partial charge in [-0.2, -0.15) is 5.26 Å². The van der Waals surface area contributed by atoms with E-state index >= 15 is 0 Å². The van der Waals surface area contributed by atoms with Crippen molar-refractivity contribution >= 4 is 0 Å².